The molecular weight excluding hydrogens is 350 g/mol. The lowest BCUT2D eigenvalue weighted by Crippen LogP contribution is -2.27. The molecule has 0 N–H and O–H groups in total. The van der Waals surface area contributed by atoms with Crippen LogP contribution >= 0.6 is 22.9 Å². The molecule has 0 atom stereocenters. The average molecular weight is 370 g/mol. The predicted molar refractivity (Wildman–Crippen MR) is 106 cm³/mol. The first-order valence-corrected chi connectivity index (χ1v) is 9.80. The minimum Gasteiger partial charge on any atom is -0.306 e. The van der Waals surface area contributed by atoms with E-state index in [0.29, 0.717) is 6.42 Å². The van der Waals surface area contributed by atoms with E-state index >= 15 is 0 Å². The molecule has 4 rings (SSSR count). The van der Waals surface area contributed by atoms with Crippen molar-refractivity contribution in [2.24, 2.45) is 0 Å². The van der Waals surface area contributed by atoms with Gasteiger partial charge in [-0.3, -0.25) is 4.79 Å². The van der Waals surface area contributed by atoms with Crippen molar-refractivity contribution >= 4 is 45.9 Å². The number of hydrogen-bond acceptors (Lipinski definition) is 3. The Labute approximate surface area is 156 Å². The fourth-order valence-electron chi connectivity index (χ4n) is 3.60. The Hall–Kier alpha value is -1.68. The molecule has 2 heterocycles. The summed E-state index contributed by atoms with van der Waals surface area (Å²) in [5.74, 6) is 0. The van der Waals surface area contributed by atoms with Crippen LogP contribution in [0.3, 0.4) is 0 Å². The summed E-state index contributed by atoms with van der Waals surface area (Å²) in [6, 6.07) is 10.7. The van der Waals surface area contributed by atoms with E-state index in [9.17, 15) is 4.79 Å². The minimum absolute atomic E-state index is 0.297. The zero-order valence-corrected chi connectivity index (χ0v) is 15.8. The smallest absolute Gasteiger partial charge is 0.226 e. The number of thiophene rings is 1. The number of carbonyl (C=O) groups excluding carboxylic acids is 1. The number of carbonyl (C=O) groups is 1. The fourth-order valence-corrected chi connectivity index (χ4v) is 4.95. The first-order valence-electron chi connectivity index (χ1n) is 8.60. The van der Waals surface area contributed by atoms with E-state index in [-0.39, 0.29) is 5.24 Å². The summed E-state index contributed by atoms with van der Waals surface area (Å²) >= 11 is 7.31. The van der Waals surface area contributed by atoms with Crippen LogP contribution in [-0.2, 0) is 11.2 Å². The number of hydrogen-bond donors (Lipinski definition) is 0. The maximum atomic E-state index is 11.3. The highest BCUT2D eigenvalue weighted by Crippen LogP contribution is 2.35. The van der Waals surface area contributed by atoms with E-state index in [1.807, 2.05) is 0 Å². The van der Waals surface area contributed by atoms with Crippen LogP contribution in [0.1, 0.15) is 28.2 Å². The molecule has 1 saturated heterocycles. The van der Waals surface area contributed by atoms with Gasteiger partial charge >= 0.3 is 0 Å². The van der Waals surface area contributed by atoms with E-state index < -0.39 is 0 Å². The predicted octanol–water partition coefficient (Wildman–Crippen LogP) is 3.16. The second-order valence-electron chi connectivity index (χ2n) is 6.76. The Morgan fingerprint density at radius 3 is 2.52 bits per heavy atom. The van der Waals surface area contributed by atoms with Gasteiger partial charge < -0.3 is 4.90 Å². The van der Waals surface area contributed by atoms with E-state index in [1.54, 1.807) is 11.3 Å². The van der Waals surface area contributed by atoms with Crippen molar-refractivity contribution < 1.29 is 4.79 Å². The lowest BCUT2D eigenvalue weighted by atomic mass is 9.93. The number of rotatable bonds is 2. The highest BCUT2D eigenvalue weighted by atomic mass is 35.5. The second-order valence-corrected chi connectivity index (χ2v) is 8.35. The van der Waals surface area contributed by atoms with Gasteiger partial charge in [-0.15, -0.1) is 11.3 Å². The molecule has 0 bridgehead atoms. The first-order chi connectivity index (χ1) is 12.1. The molecule has 25 heavy (non-hydrogen) atoms. The summed E-state index contributed by atoms with van der Waals surface area (Å²) < 4.78 is 0. The number of benzene rings is 1. The van der Waals surface area contributed by atoms with E-state index in [1.165, 1.54) is 32.0 Å². The highest BCUT2D eigenvalue weighted by molar-refractivity contribution is 7.13. The standard InChI is InChI=1S/C21H20ClNOS/c1-23-8-6-14(7-9-23)18-10-15-4-2-3-5-16(15)11-20-19(18)12-17(25-20)13-21(22)24/h2-5,10-12H,6-9,13H2,1H3. The van der Waals surface area contributed by atoms with Crippen LogP contribution < -0.4 is 10.4 Å². The van der Waals surface area contributed by atoms with Crippen LogP contribution in [0.4, 0.5) is 0 Å². The third-order valence-corrected chi connectivity index (χ3v) is 6.18. The molecule has 1 aliphatic heterocycles. The molecule has 0 spiro atoms. The quantitative estimate of drug-likeness (QED) is 0.758. The van der Waals surface area contributed by atoms with Gasteiger partial charge in [-0.1, -0.05) is 29.8 Å². The van der Waals surface area contributed by atoms with Crippen LogP contribution in [0.5, 0.6) is 0 Å². The van der Waals surface area contributed by atoms with Crippen molar-refractivity contribution in [1.29, 1.82) is 0 Å². The summed E-state index contributed by atoms with van der Waals surface area (Å²) in [6.45, 7) is 2.20. The Morgan fingerprint density at radius 2 is 1.84 bits per heavy atom. The van der Waals surface area contributed by atoms with Gasteiger partial charge in [0.15, 0.2) is 0 Å². The lowest BCUT2D eigenvalue weighted by Gasteiger charge is -2.25. The fraction of sp³-hybridized carbons (Fsp3) is 0.286. The van der Waals surface area contributed by atoms with Crippen molar-refractivity contribution in [2.75, 3.05) is 20.1 Å². The van der Waals surface area contributed by atoms with E-state index in [4.69, 9.17) is 11.6 Å². The zero-order valence-electron chi connectivity index (χ0n) is 14.2. The lowest BCUT2D eigenvalue weighted by molar-refractivity contribution is -0.111. The maximum absolute atomic E-state index is 11.3. The topological polar surface area (TPSA) is 20.3 Å². The Kier molecular flexibility index (Phi) is 4.63. The third kappa shape index (κ3) is 3.50. The summed E-state index contributed by atoms with van der Waals surface area (Å²) in [7, 11) is 2.18. The van der Waals surface area contributed by atoms with E-state index in [0.717, 1.165) is 30.8 Å². The molecule has 2 aromatic rings. The molecule has 4 heteroatoms. The molecule has 2 aliphatic rings. The number of halogens is 1. The number of fused-ring (bicyclic) bond motifs is 2. The van der Waals surface area contributed by atoms with E-state index in [2.05, 4.69) is 54.4 Å². The molecule has 0 amide bonds. The largest absolute Gasteiger partial charge is 0.306 e. The third-order valence-electron chi connectivity index (χ3n) is 4.97. The monoisotopic (exact) mass is 369 g/mol. The van der Waals surface area contributed by atoms with Crippen molar-refractivity contribution in [1.82, 2.24) is 4.90 Å². The van der Waals surface area contributed by atoms with Gasteiger partial charge in [0.2, 0.25) is 5.24 Å². The van der Waals surface area contributed by atoms with Gasteiger partial charge in [-0.25, -0.2) is 0 Å². The number of piperidine rings is 1. The van der Waals surface area contributed by atoms with Crippen LogP contribution in [0, 0.1) is 0 Å². The average Bonchev–Trinajstić information content (AvgIpc) is 2.89. The van der Waals surface area contributed by atoms with Crippen molar-refractivity contribution in [3.8, 4) is 0 Å². The van der Waals surface area contributed by atoms with Crippen LogP contribution in [-0.4, -0.2) is 30.3 Å². The van der Waals surface area contributed by atoms with Crippen molar-refractivity contribution in [2.45, 2.75) is 19.3 Å². The normalized spacial score (nSPS) is 17.2. The van der Waals surface area contributed by atoms with Gasteiger partial charge in [0.05, 0.1) is 6.42 Å². The molecule has 0 radical (unpaired) electrons. The minimum atomic E-state index is -0.297. The summed E-state index contributed by atoms with van der Waals surface area (Å²) in [6.07, 6.45) is 7.08. The second kappa shape index (κ2) is 6.91. The molecular formula is C21H20ClNOS. The van der Waals surface area contributed by atoms with Crippen molar-refractivity contribution in [3.63, 3.8) is 0 Å². The van der Waals surface area contributed by atoms with Gasteiger partial charge in [0, 0.05) is 22.8 Å². The van der Waals surface area contributed by atoms with Crippen molar-refractivity contribution in [3.05, 3.63) is 61.7 Å². The van der Waals surface area contributed by atoms with Gasteiger partial charge in [0.25, 0.3) is 0 Å². The molecule has 128 valence electrons. The molecule has 1 fully saturated rings. The Balaban J connectivity index is 1.92. The molecule has 2 nitrogen and oxygen atoms in total. The van der Waals surface area contributed by atoms with Gasteiger partial charge in [-0.05, 0) is 71.3 Å². The number of likely N-dealkylation sites (tertiary alicyclic amines) is 1. The van der Waals surface area contributed by atoms with Crippen LogP contribution in [0.2, 0.25) is 0 Å². The summed E-state index contributed by atoms with van der Waals surface area (Å²) in [5, 5.41) is 2.20. The summed E-state index contributed by atoms with van der Waals surface area (Å²) in [5.41, 5.74) is 4.12. The molecule has 1 aliphatic carbocycles. The molecule has 0 saturated carbocycles. The highest BCUT2D eigenvalue weighted by Gasteiger charge is 2.19. The van der Waals surface area contributed by atoms with Gasteiger partial charge in [0.1, 0.15) is 0 Å². The Bertz CT molecular complexity index is 976. The number of allylic oxidation sites excluding steroid dienone is 1. The van der Waals surface area contributed by atoms with Crippen LogP contribution in [0.15, 0.2) is 35.9 Å². The Morgan fingerprint density at radius 1 is 1.16 bits per heavy atom. The van der Waals surface area contributed by atoms with Gasteiger partial charge in [-0.2, -0.15) is 0 Å². The maximum Gasteiger partial charge on any atom is 0.226 e. The molecule has 1 aromatic carbocycles. The first kappa shape index (κ1) is 16.8. The summed E-state index contributed by atoms with van der Waals surface area (Å²) in [4.78, 5) is 16.0. The molecule has 1 aromatic heterocycles. The zero-order chi connectivity index (χ0) is 17.4. The SMILES string of the molecule is CN1CCC(=C2C=c3ccccc3=Cc3sc(CC(=O)Cl)cc32)CC1. The van der Waals surface area contributed by atoms with Crippen LogP contribution in [0.25, 0.3) is 17.7 Å². The number of nitrogens with zero attached hydrogens (tertiary/aromatic N) is 1. The molecule has 0 unspecified atom stereocenters.